The van der Waals surface area contributed by atoms with Crippen molar-refractivity contribution < 1.29 is 9.21 Å². The Labute approximate surface area is 150 Å². The third kappa shape index (κ3) is 3.52. The molecule has 0 aliphatic rings. The highest BCUT2D eigenvalue weighted by Crippen LogP contribution is 2.31. The Bertz CT molecular complexity index is 963. The Morgan fingerprint density at radius 1 is 1.28 bits per heavy atom. The van der Waals surface area contributed by atoms with Gasteiger partial charge in [0.05, 0.1) is 5.75 Å². The van der Waals surface area contributed by atoms with Gasteiger partial charge in [-0.2, -0.15) is 5.26 Å². The van der Waals surface area contributed by atoms with Crippen molar-refractivity contribution in [2.75, 3.05) is 11.1 Å². The number of benzene rings is 2. The highest BCUT2D eigenvalue weighted by atomic mass is 32.2. The number of hydrogen-bond donors (Lipinski definition) is 1. The van der Waals surface area contributed by atoms with Gasteiger partial charge in [0.15, 0.2) is 5.58 Å². The van der Waals surface area contributed by atoms with Crippen molar-refractivity contribution in [1.29, 1.82) is 5.26 Å². The molecule has 0 unspecified atom stereocenters. The van der Waals surface area contributed by atoms with E-state index >= 15 is 0 Å². The number of fused-ring (bicyclic) bond motifs is 1. The topological polar surface area (TPSA) is 78.9 Å². The van der Waals surface area contributed by atoms with Crippen LogP contribution in [0.3, 0.4) is 0 Å². The maximum Gasteiger partial charge on any atom is 0.235 e. The summed E-state index contributed by atoms with van der Waals surface area (Å²) in [5.41, 5.74) is 6.28. The Morgan fingerprint density at radius 2 is 2.04 bits per heavy atom. The fourth-order valence-corrected chi connectivity index (χ4v) is 2.85. The van der Waals surface area contributed by atoms with Crippen molar-refractivity contribution in [3.63, 3.8) is 0 Å². The van der Waals surface area contributed by atoms with Gasteiger partial charge in [0.25, 0.3) is 0 Å². The summed E-state index contributed by atoms with van der Waals surface area (Å²) in [5.74, 6) is 0.414. The van der Waals surface area contributed by atoms with Gasteiger partial charge in [0.1, 0.15) is 10.9 Å². The largest absolute Gasteiger partial charge is 0.436 e. The second-order valence-electron chi connectivity index (χ2n) is 5.83. The van der Waals surface area contributed by atoms with E-state index in [1.54, 1.807) is 0 Å². The number of thiocyanates is 1. The molecule has 25 heavy (non-hydrogen) atoms. The lowest BCUT2D eigenvalue weighted by Gasteiger charge is -2.10. The van der Waals surface area contributed by atoms with Crippen LogP contribution in [0.1, 0.15) is 16.7 Å². The second kappa shape index (κ2) is 6.99. The van der Waals surface area contributed by atoms with Crippen molar-refractivity contribution in [2.45, 2.75) is 20.8 Å². The number of aromatic nitrogens is 1. The quantitative estimate of drug-likeness (QED) is 0.696. The summed E-state index contributed by atoms with van der Waals surface area (Å²) in [4.78, 5) is 16.5. The number of amides is 1. The number of nitrogens with one attached hydrogen (secondary N) is 1. The van der Waals surface area contributed by atoms with Gasteiger partial charge in [-0.3, -0.25) is 4.79 Å². The highest BCUT2D eigenvalue weighted by molar-refractivity contribution is 8.04. The molecule has 0 bridgehead atoms. The first-order valence-corrected chi connectivity index (χ1v) is 8.76. The number of carbonyl (C=O) groups excluding carboxylic acids is 1. The van der Waals surface area contributed by atoms with Gasteiger partial charge in [-0.25, -0.2) is 4.98 Å². The maximum atomic E-state index is 11.9. The van der Waals surface area contributed by atoms with Crippen LogP contribution in [0, 0.1) is 31.4 Å². The molecule has 0 fully saturated rings. The normalized spacial score (nSPS) is 10.6. The lowest BCUT2D eigenvalue weighted by Crippen LogP contribution is -2.14. The van der Waals surface area contributed by atoms with E-state index in [4.69, 9.17) is 9.68 Å². The summed E-state index contributed by atoms with van der Waals surface area (Å²) in [6.07, 6.45) is 0. The molecule has 126 valence electrons. The molecule has 6 heteroatoms. The third-order valence-electron chi connectivity index (χ3n) is 4.11. The zero-order chi connectivity index (χ0) is 18.0. The molecule has 0 atom stereocenters. The molecule has 1 aromatic heterocycles. The van der Waals surface area contributed by atoms with Gasteiger partial charge in [-0.15, -0.1) is 0 Å². The zero-order valence-corrected chi connectivity index (χ0v) is 15.0. The molecule has 1 heterocycles. The summed E-state index contributed by atoms with van der Waals surface area (Å²) >= 11 is 0.910. The van der Waals surface area contributed by atoms with E-state index < -0.39 is 0 Å². The first-order chi connectivity index (χ1) is 12.0. The first kappa shape index (κ1) is 17.1. The summed E-state index contributed by atoms with van der Waals surface area (Å²) in [6.45, 7) is 6.00. The SMILES string of the molecule is Cc1cc2nc(-c3cccc(NC(=O)CSC#N)c3C)oc2cc1C. The van der Waals surface area contributed by atoms with E-state index in [-0.39, 0.29) is 11.7 Å². The van der Waals surface area contributed by atoms with Gasteiger partial charge < -0.3 is 9.73 Å². The number of rotatable bonds is 4. The van der Waals surface area contributed by atoms with Crippen molar-refractivity contribution in [2.24, 2.45) is 0 Å². The molecule has 2 aromatic carbocycles. The molecule has 0 aliphatic carbocycles. The van der Waals surface area contributed by atoms with Crippen molar-refractivity contribution in [3.8, 4) is 16.9 Å². The predicted octanol–water partition coefficient (Wildman–Crippen LogP) is 4.57. The molecule has 3 rings (SSSR count). The Morgan fingerprint density at radius 3 is 2.80 bits per heavy atom. The summed E-state index contributed by atoms with van der Waals surface area (Å²) in [6, 6.07) is 9.59. The number of thioether (sulfide) groups is 1. The van der Waals surface area contributed by atoms with Crippen molar-refractivity contribution in [3.05, 3.63) is 47.0 Å². The lowest BCUT2D eigenvalue weighted by atomic mass is 10.1. The van der Waals surface area contributed by atoms with Crippen molar-refractivity contribution in [1.82, 2.24) is 4.98 Å². The van der Waals surface area contributed by atoms with E-state index in [1.165, 1.54) is 5.56 Å². The van der Waals surface area contributed by atoms with Crippen LogP contribution in [0.25, 0.3) is 22.6 Å². The van der Waals surface area contributed by atoms with Crippen LogP contribution >= 0.6 is 11.8 Å². The van der Waals surface area contributed by atoms with Crippen LogP contribution in [0.5, 0.6) is 0 Å². The zero-order valence-electron chi connectivity index (χ0n) is 14.2. The second-order valence-corrected chi connectivity index (χ2v) is 6.59. The third-order valence-corrected chi connectivity index (χ3v) is 4.65. The van der Waals surface area contributed by atoms with Crippen LogP contribution in [-0.2, 0) is 4.79 Å². The van der Waals surface area contributed by atoms with Crippen LogP contribution in [-0.4, -0.2) is 16.6 Å². The number of hydrogen-bond acceptors (Lipinski definition) is 5. The Kier molecular flexibility index (Phi) is 4.77. The molecule has 5 nitrogen and oxygen atoms in total. The Hall–Kier alpha value is -2.78. The Balaban J connectivity index is 1.97. The average molecular weight is 351 g/mol. The number of oxazole rings is 1. The highest BCUT2D eigenvalue weighted by Gasteiger charge is 2.14. The molecule has 0 aliphatic heterocycles. The van der Waals surface area contributed by atoms with E-state index in [1.807, 2.05) is 56.5 Å². The van der Waals surface area contributed by atoms with Gasteiger partial charge in [-0.05, 0) is 73.5 Å². The monoisotopic (exact) mass is 351 g/mol. The average Bonchev–Trinajstić information content (AvgIpc) is 2.97. The maximum absolute atomic E-state index is 11.9. The molecule has 1 amide bonds. The lowest BCUT2D eigenvalue weighted by molar-refractivity contribution is -0.113. The fraction of sp³-hybridized carbons (Fsp3) is 0.211. The molecular weight excluding hydrogens is 334 g/mol. The molecular formula is C19H17N3O2S. The van der Waals surface area contributed by atoms with Crippen molar-refractivity contribution >= 4 is 34.5 Å². The fourth-order valence-electron chi connectivity index (χ4n) is 2.58. The van der Waals surface area contributed by atoms with Gasteiger partial charge in [0, 0.05) is 11.3 Å². The molecule has 0 radical (unpaired) electrons. The van der Waals surface area contributed by atoms with Crippen LogP contribution in [0.4, 0.5) is 5.69 Å². The summed E-state index contributed by atoms with van der Waals surface area (Å²) in [7, 11) is 0. The molecule has 0 saturated heterocycles. The summed E-state index contributed by atoms with van der Waals surface area (Å²) in [5, 5.41) is 13.3. The van der Waals surface area contributed by atoms with Gasteiger partial charge in [-0.1, -0.05) is 6.07 Å². The van der Waals surface area contributed by atoms with E-state index in [9.17, 15) is 4.79 Å². The summed E-state index contributed by atoms with van der Waals surface area (Å²) < 4.78 is 5.92. The smallest absolute Gasteiger partial charge is 0.235 e. The van der Waals surface area contributed by atoms with Crippen LogP contribution < -0.4 is 5.32 Å². The van der Waals surface area contributed by atoms with E-state index in [0.717, 1.165) is 39.6 Å². The number of nitriles is 1. The molecule has 0 spiro atoms. The van der Waals surface area contributed by atoms with Crippen LogP contribution in [0.15, 0.2) is 34.7 Å². The number of nitrogens with zero attached hydrogens (tertiary/aromatic N) is 2. The van der Waals surface area contributed by atoms with Crippen LogP contribution in [0.2, 0.25) is 0 Å². The molecule has 1 N–H and O–H groups in total. The van der Waals surface area contributed by atoms with E-state index in [0.29, 0.717) is 11.6 Å². The minimum Gasteiger partial charge on any atom is -0.436 e. The minimum absolute atomic E-state index is 0.0988. The van der Waals surface area contributed by atoms with Gasteiger partial charge >= 0.3 is 0 Å². The number of carbonyl (C=O) groups is 1. The first-order valence-electron chi connectivity index (χ1n) is 7.78. The van der Waals surface area contributed by atoms with E-state index in [2.05, 4.69) is 10.3 Å². The predicted molar refractivity (Wildman–Crippen MR) is 100 cm³/mol. The number of anilines is 1. The molecule has 3 aromatic rings. The number of aryl methyl sites for hydroxylation is 2. The molecule has 0 saturated carbocycles. The van der Waals surface area contributed by atoms with Gasteiger partial charge in [0.2, 0.25) is 11.8 Å². The minimum atomic E-state index is -0.212. The standard InChI is InChI=1S/C19H17N3O2S/c1-11-7-16-17(8-12(11)2)24-19(22-16)14-5-4-6-15(13(14)3)21-18(23)9-25-10-20/h4-8H,9H2,1-3H3,(H,21,23).